The minimum Gasteiger partial charge on any atom is -0.366 e. The highest BCUT2D eigenvalue weighted by Crippen LogP contribution is 2.20. The SMILES string of the molecule is Cn1c(Cl)nc2c(c(Br)nn2N2C=CC=CO2)c1=O. The van der Waals surface area contributed by atoms with Gasteiger partial charge in [0.1, 0.15) is 16.3 Å². The van der Waals surface area contributed by atoms with E-state index in [-0.39, 0.29) is 10.8 Å². The van der Waals surface area contributed by atoms with E-state index in [1.54, 1.807) is 25.4 Å². The van der Waals surface area contributed by atoms with Crippen LogP contribution >= 0.6 is 27.5 Å². The summed E-state index contributed by atoms with van der Waals surface area (Å²) in [5, 5.41) is 5.90. The summed E-state index contributed by atoms with van der Waals surface area (Å²) in [5.74, 6) is 0. The molecule has 0 fully saturated rings. The first kappa shape index (κ1) is 12.2. The second kappa shape index (κ2) is 4.39. The first-order valence-electron chi connectivity index (χ1n) is 5.20. The highest BCUT2D eigenvalue weighted by molar-refractivity contribution is 9.10. The monoisotopic (exact) mass is 343 g/mol. The standard InChI is InChI=1S/C10H7BrClN5O2/c1-15-9(18)6-7(11)14-17(8(6)13-10(15)12)16-4-2-3-5-19-16/h2-5H,1H3. The van der Waals surface area contributed by atoms with Crippen LogP contribution in [0.4, 0.5) is 0 Å². The molecule has 0 atom stereocenters. The Balaban J connectivity index is 2.30. The molecule has 0 aromatic carbocycles. The molecule has 9 heteroatoms. The Kier molecular flexibility index (Phi) is 2.83. The van der Waals surface area contributed by atoms with Gasteiger partial charge in [0, 0.05) is 7.05 Å². The van der Waals surface area contributed by atoms with Gasteiger partial charge in [-0.3, -0.25) is 9.36 Å². The number of nitrogens with zero attached hydrogens (tertiary/aromatic N) is 5. The van der Waals surface area contributed by atoms with Crippen molar-refractivity contribution >= 4 is 38.6 Å². The summed E-state index contributed by atoms with van der Waals surface area (Å²) in [5.41, 5.74) is 0.0181. The van der Waals surface area contributed by atoms with Crippen molar-refractivity contribution in [3.05, 3.63) is 44.9 Å². The van der Waals surface area contributed by atoms with E-state index in [9.17, 15) is 4.79 Å². The van der Waals surface area contributed by atoms with E-state index in [1.165, 1.54) is 20.8 Å². The van der Waals surface area contributed by atoms with Gasteiger partial charge in [0.2, 0.25) is 5.28 Å². The lowest BCUT2D eigenvalue weighted by Crippen LogP contribution is -2.30. The molecule has 3 heterocycles. The third-order valence-electron chi connectivity index (χ3n) is 2.55. The lowest BCUT2D eigenvalue weighted by atomic mass is 10.4. The molecule has 0 saturated heterocycles. The summed E-state index contributed by atoms with van der Waals surface area (Å²) in [6, 6.07) is 0. The molecule has 98 valence electrons. The van der Waals surface area contributed by atoms with E-state index >= 15 is 0 Å². The molecule has 0 unspecified atom stereocenters. The summed E-state index contributed by atoms with van der Waals surface area (Å²) in [6.45, 7) is 0. The first-order valence-corrected chi connectivity index (χ1v) is 6.37. The van der Waals surface area contributed by atoms with Crippen molar-refractivity contribution in [2.45, 2.75) is 0 Å². The summed E-state index contributed by atoms with van der Waals surface area (Å²) in [6.07, 6.45) is 6.58. The van der Waals surface area contributed by atoms with Crippen LogP contribution in [0, 0.1) is 0 Å². The number of hydrogen-bond acceptors (Lipinski definition) is 5. The molecule has 19 heavy (non-hydrogen) atoms. The fourth-order valence-corrected chi connectivity index (χ4v) is 2.27. The van der Waals surface area contributed by atoms with E-state index in [2.05, 4.69) is 26.0 Å². The van der Waals surface area contributed by atoms with Crippen LogP contribution in [-0.4, -0.2) is 19.4 Å². The fraction of sp³-hybridized carbons (Fsp3) is 0.100. The molecule has 0 spiro atoms. The van der Waals surface area contributed by atoms with Crippen LogP contribution < -0.4 is 10.7 Å². The molecule has 2 aromatic heterocycles. The van der Waals surface area contributed by atoms with E-state index in [0.29, 0.717) is 15.6 Å². The molecule has 3 rings (SSSR count). The molecular weight excluding hydrogens is 338 g/mol. The number of hydrogen-bond donors (Lipinski definition) is 0. The van der Waals surface area contributed by atoms with E-state index in [1.807, 2.05) is 0 Å². The summed E-state index contributed by atoms with van der Waals surface area (Å²) >= 11 is 9.16. The number of allylic oxidation sites excluding steroid dienone is 2. The summed E-state index contributed by atoms with van der Waals surface area (Å²) in [4.78, 5) is 22.9. The van der Waals surface area contributed by atoms with Gasteiger partial charge in [0.05, 0.1) is 6.20 Å². The lowest BCUT2D eigenvalue weighted by Gasteiger charge is -2.19. The van der Waals surface area contributed by atoms with E-state index in [0.717, 1.165) is 0 Å². The summed E-state index contributed by atoms with van der Waals surface area (Å²) < 4.78 is 1.62. The van der Waals surface area contributed by atoms with Crippen molar-refractivity contribution in [3.63, 3.8) is 0 Å². The Bertz CT molecular complexity index is 778. The summed E-state index contributed by atoms with van der Waals surface area (Å²) in [7, 11) is 1.54. The second-order valence-electron chi connectivity index (χ2n) is 3.70. The predicted octanol–water partition coefficient (Wildman–Crippen LogP) is 1.46. The zero-order valence-electron chi connectivity index (χ0n) is 9.62. The molecule has 1 aliphatic rings. The molecule has 0 radical (unpaired) electrons. The molecule has 0 saturated carbocycles. The van der Waals surface area contributed by atoms with Gasteiger partial charge in [0.15, 0.2) is 5.65 Å². The number of rotatable bonds is 1. The molecule has 0 N–H and O–H groups in total. The van der Waals surface area contributed by atoms with E-state index in [4.69, 9.17) is 16.4 Å². The highest BCUT2D eigenvalue weighted by atomic mass is 79.9. The Morgan fingerprint density at radius 1 is 1.42 bits per heavy atom. The van der Waals surface area contributed by atoms with Crippen molar-refractivity contribution in [1.29, 1.82) is 0 Å². The molecule has 7 nitrogen and oxygen atoms in total. The molecule has 0 amide bonds. The van der Waals surface area contributed by atoms with Crippen molar-refractivity contribution in [2.75, 3.05) is 5.17 Å². The van der Waals surface area contributed by atoms with Gasteiger partial charge in [-0.25, -0.2) is 0 Å². The average molecular weight is 345 g/mol. The number of hydroxylamine groups is 1. The minimum absolute atomic E-state index is 0.0719. The molecule has 1 aliphatic heterocycles. The van der Waals surface area contributed by atoms with Gasteiger partial charge in [-0.05, 0) is 39.7 Å². The molecule has 0 bridgehead atoms. The van der Waals surface area contributed by atoms with Crippen LogP contribution in [0.1, 0.15) is 0 Å². The van der Waals surface area contributed by atoms with Crippen LogP contribution in [-0.2, 0) is 11.9 Å². The Hall–Kier alpha value is -1.80. The predicted molar refractivity (Wildman–Crippen MR) is 73.1 cm³/mol. The van der Waals surface area contributed by atoms with Gasteiger partial charge in [-0.1, -0.05) is 5.17 Å². The van der Waals surface area contributed by atoms with Crippen LogP contribution in [0.2, 0.25) is 5.28 Å². The van der Waals surface area contributed by atoms with E-state index < -0.39 is 0 Å². The molecule has 0 aliphatic carbocycles. The average Bonchev–Trinajstić information content (AvgIpc) is 2.74. The smallest absolute Gasteiger partial charge is 0.266 e. The van der Waals surface area contributed by atoms with Crippen LogP contribution in [0.25, 0.3) is 11.0 Å². The normalized spacial score (nSPS) is 14.2. The highest BCUT2D eigenvalue weighted by Gasteiger charge is 2.20. The topological polar surface area (TPSA) is 65.2 Å². The van der Waals surface area contributed by atoms with Gasteiger partial charge in [0.25, 0.3) is 5.56 Å². The van der Waals surface area contributed by atoms with Gasteiger partial charge >= 0.3 is 0 Å². The van der Waals surface area contributed by atoms with Crippen molar-refractivity contribution in [3.8, 4) is 0 Å². The number of halogens is 2. The largest absolute Gasteiger partial charge is 0.366 e. The fourth-order valence-electron chi connectivity index (χ4n) is 1.62. The Morgan fingerprint density at radius 2 is 2.21 bits per heavy atom. The quantitative estimate of drug-likeness (QED) is 0.733. The van der Waals surface area contributed by atoms with Gasteiger partial charge in [-0.2, -0.15) is 4.98 Å². The second-order valence-corrected chi connectivity index (χ2v) is 4.79. The van der Waals surface area contributed by atoms with Crippen molar-refractivity contribution in [2.24, 2.45) is 7.05 Å². The van der Waals surface area contributed by atoms with Crippen molar-refractivity contribution < 1.29 is 4.84 Å². The Labute approximate surface area is 120 Å². The molecule has 2 aromatic rings. The Morgan fingerprint density at radius 3 is 2.89 bits per heavy atom. The van der Waals surface area contributed by atoms with Gasteiger partial charge in [-0.15, -0.1) is 9.89 Å². The third kappa shape index (κ3) is 1.83. The van der Waals surface area contributed by atoms with Crippen molar-refractivity contribution in [1.82, 2.24) is 19.4 Å². The number of fused-ring (bicyclic) bond motifs is 1. The zero-order valence-corrected chi connectivity index (χ0v) is 12.0. The van der Waals surface area contributed by atoms with Crippen LogP contribution in [0.5, 0.6) is 0 Å². The lowest BCUT2D eigenvalue weighted by molar-refractivity contribution is 0.166. The van der Waals surface area contributed by atoms with Crippen LogP contribution in [0.3, 0.4) is 0 Å². The van der Waals surface area contributed by atoms with Crippen LogP contribution in [0.15, 0.2) is 34.0 Å². The molecular formula is C10H7BrClN5O2. The number of aromatic nitrogens is 4. The maximum absolute atomic E-state index is 12.1. The minimum atomic E-state index is -0.287. The maximum atomic E-state index is 12.1. The van der Waals surface area contributed by atoms with Gasteiger partial charge < -0.3 is 4.84 Å². The first-order chi connectivity index (χ1) is 9.09. The maximum Gasteiger partial charge on any atom is 0.266 e. The zero-order chi connectivity index (χ0) is 13.6. The third-order valence-corrected chi connectivity index (χ3v) is 3.45.